The molecule has 0 spiro atoms. The van der Waals surface area contributed by atoms with E-state index in [2.05, 4.69) is 0 Å². The molecule has 0 aliphatic heterocycles. The Hall–Kier alpha value is 0.645. The predicted molar refractivity (Wildman–Crippen MR) is 53.5 cm³/mol. The molecular formula is C8H15BCl2. The molecule has 0 bridgehead atoms. The Bertz CT molecular complexity index is 98.3. The van der Waals surface area contributed by atoms with Gasteiger partial charge in [0.1, 0.15) is 0 Å². The van der Waals surface area contributed by atoms with Gasteiger partial charge in [-0.25, -0.2) is 0 Å². The highest BCUT2D eigenvalue weighted by Crippen LogP contribution is 2.31. The van der Waals surface area contributed by atoms with Crippen molar-refractivity contribution >= 4 is 28.5 Å². The Morgan fingerprint density at radius 2 is 1.27 bits per heavy atom. The summed E-state index contributed by atoms with van der Waals surface area (Å²) in [6, 6.07) is 0. The van der Waals surface area contributed by atoms with Crippen molar-refractivity contribution in [2.24, 2.45) is 0 Å². The van der Waals surface area contributed by atoms with Crippen molar-refractivity contribution < 1.29 is 0 Å². The summed E-state index contributed by atoms with van der Waals surface area (Å²) in [5.41, 5.74) is -0.131. The van der Waals surface area contributed by atoms with Crippen LogP contribution >= 0.6 is 22.9 Å². The van der Waals surface area contributed by atoms with Crippen LogP contribution in [-0.4, -0.2) is 5.54 Å². The first-order chi connectivity index (χ1) is 5.30. The van der Waals surface area contributed by atoms with E-state index in [4.69, 9.17) is 22.9 Å². The van der Waals surface area contributed by atoms with E-state index >= 15 is 0 Å². The van der Waals surface area contributed by atoms with E-state index in [0.29, 0.717) is 5.82 Å². The van der Waals surface area contributed by atoms with E-state index in [0.717, 1.165) is 0 Å². The molecule has 1 aliphatic carbocycles. The first-order valence-corrected chi connectivity index (χ1v) is 5.46. The minimum absolute atomic E-state index is 0.131. The highest BCUT2D eigenvalue weighted by Gasteiger charge is 2.21. The Morgan fingerprint density at radius 3 is 1.73 bits per heavy atom. The second kappa shape index (κ2) is 5.32. The molecule has 0 nitrogen and oxygen atoms in total. The van der Waals surface area contributed by atoms with Crippen molar-refractivity contribution in [2.45, 2.75) is 50.8 Å². The third kappa shape index (κ3) is 3.71. The lowest BCUT2D eigenvalue weighted by Gasteiger charge is -2.18. The molecule has 1 rings (SSSR count). The van der Waals surface area contributed by atoms with Gasteiger partial charge in [0.05, 0.1) is 0 Å². The standard InChI is InChI=1S/C8H15BCl2/c10-9(11)8-6-4-2-1-3-5-7-8/h8H,1-7H2. The minimum Gasteiger partial charge on any atom is -0.171 e. The molecule has 3 heteroatoms. The summed E-state index contributed by atoms with van der Waals surface area (Å²) in [4.78, 5) is 0. The van der Waals surface area contributed by atoms with Crippen LogP contribution in [0.25, 0.3) is 0 Å². The van der Waals surface area contributed by atoms with Crippen LogP contribution in [0.15, 0.2) is 0 Å². The molecule has 1 fully saturated rings. The monoisotopic (exact) mass is 192 g/mol. The Balaban J connectivity index is 2.26. The highest BCUT2D eigenvalue weighted by molar-refractivity contribution is 7.34. The third-order valence-corrected chi connectivity index (χ3v) is 3.22. The van der Waals surface area contributed by atoms with E-state index in [1.54, 1.807) is 0 Å². The lowest BCUT2D eigenvalue weighted by Crippen LogP contribution is -2.09. The molecule has 0 heterocycles. The second-order valence-corrected chi connectivity index (χ2v) is 4.60. The number of hydrogen-bond acceptors (Lipinski definition) is 0. The van der Waals surface area contributed by atoms with Gasteiger partial charge >= 0.3 is 5.54 Å². The SMILES string of the molecule is ClB(Cl)C1CCCCCCC1. The third-order valence-electron chi connectivity index (χ3n) is 2.51. The zero-order valence-electron chi connectivity index (χ0n) is 6.86. The molecule has 0 N–H and O–H groups in total. The summed E-state index contributed by atoms with van der Waals surface area (Å²) in [7, 11) is 0. The highest BCUT2D eigenvalue weighted by atomic mass is 35.5. The molecule has 1 saturated carbocycles. The van der Waals surface area contributed by atoms with Gasteiger partial charge in [-0.3, -0.25) is 0 Å². The molecule has 0 atom stereocenters. The smallest absolute Gasteiger partial charge is 0.171 e. The van der Waals surface area contributed by atoms with Crippen molar-refractivity contribution in [3.8, 4) is 0 Å². The van der Waals surface area contributed by atoms with Crippen molar-refractivity contribution in [3.05, 3.63) is 0 Å². The average molecular weight is 193 g/mol. The molecule has 0 saturated heterocycles. The topological polar surface area (TPSA) is 0 Å². The van der Waals surface area contributed by atoms with E-state index in [1.807, 2.05) is 0 Å². The summed E-state index contributed by atoms with van der Waals surface area (Å²) >= 11 is 11.7. The quantitative estimate of drug-likeness (QED) is 0.550. The molecule has 0 amide bonds. The van der Waals surface area contributed by atoms with Gasteiger partial charge in [-0.2, -0.15) is 22.9 Å². The van der Waals surface area contributed by atoms with Crippen LogP contribution in [0.1, 0.15) is 44.9 Å². The molecule has 0 unspecified atom stereocenters. The lowest BCUT2D eigenvalue weighted by atomic mass is 9.75. The average Bonchev–Trinajstić information content (AvgIpc) is 1.84. The summed E-state index contributed by atoms with van der Waals surface area (Å²) in [6.07, 6.45) is 9.26. The summed E-state index contributed by atoms with van der Waals surface area (Å²) in [6.45, 7) is 0. The van der Waals surface area contributed by atoms with E-state index in [1.165, 1.54) is 44.9 Å². The second-order valence-electron chi connectivity index (χ2n) is 3.44. The maximum absolute atomic E-state index is 5.85. The van der Waals surface area contributed by atoms with Crippen LogP contribution in [0, 0.1) is 0 Å². The van der Waals surface area contributed by atoms with Crippen molar-refractivity contribution in [1.29, 1.82) is 0 Å². The van der Waals surface area contributed by atoms with Crippen molar-refractivity contribution in [3.63, 3.8) is 0 Å². The largest absolute Gasteiger partial charge is 0.354 e. The van der Waals surface area contributed by atoms with Gasteiger partial charge in [-0.05, 0) is 5.82 Å². The minimum atomic E-state index is -0.131. The number of halogens is 2. The maximum atomic E-state index is 5.85. The molecule has 0 aromatic heterocycles. The van der Waals surface area contributed by atoms with Gasteiger partial charge < -0.3 is 0 Å². The number of hydrogen-bond donors (Lipinski definition) is 0. The van der Waals surface area contributed by atoms with Crippen LogP contribution in [0.2, 0.25) is 5.82 Å². The maximum Gasteiger partial charge on any atom is 0.354 e. The summed E-state index contributed by atoms with van der Waals surface area (Å²) in [5.74, 6) is 0.568. The zero-order chi connectivity index (χ0) is 8.10. The van der Waals surface area contributed by atoms with E-state index < -0.39 is 0 Å². The van der Waals surface area contributed by atoms with E-state index in [-0.39, 0.29) is 5.54 Å². The number of rotatable bonds is 1. The van der Waals surface area contributed by atoms with Gasteiger partial charge in [-0.15, -0.1) is 0 Å². The fraction of sp³-hybridized carbons (Fsp3) is 1.00. The molecule has 64 valence electrons. The summed E-state index contributed by atoms with van der Waals surface area (Å²) < 4.78 is 0. The molecular weight excluding hydrogens is 178 g/mol. The predicted octanol–water partition coefficient (Wildman–Crippen LogP) is 4.07. The van der Waals surface area contributed by atoms with Gasteiger partial charge in [0.25, 0.3) is 0 Å². The van der Waals surface area contributed by atoms with Gasteiger partial charge in [-0.1, -0.05) is 44.9 Å². The fourth-order valence-electron chi connectivity index (χ4n) is 1.74. The Morgan fingerprint density at radius 1 is 0.818 bits per heavy atom. The van der Waals surface area contributed by atoms with E-state index in [9.17, 15) is 0 Å². The first kappa shape index (κ1) is 9.73. The van der Waals surface area contributed by atoms with Crippen LogP contribution in [0.3, 0.4) is 0 Å². The Kier molecular flexibility index (Phi) is 4.70. The van der Waals surface area contributed by atoms with Gasteiger partial charge in [0.2, 0.25) is 0 Å². The van der Waals surface area contributed by atoms with Gasteiger partial charge in [0.15, 0.2) is 0 Å². The normalized spacial score (nSPS) is 22.4. The van der Waals surface area contributed by atoms with Crippen LogP contribution in [0.4, 0.5) is 0 Å². The van der Waals surface area contributed by atoms with Gasteiger partial charge in [0, 0.05) is 0 Å². The molecule has 0 aromatic carbocycles. The Labute approximate surface area is 79.5 Å². The van der Waals surface area contributed by atoms with Crippen LogP contribution in [0.5, 0.6) is 0 Å². The van der Waals surface area contributed by atoms with Crippen molar-refractivity contribution in [1.82, 2.24) is 0 Å². The fourth-order valence-corrected chi connectivity index (χ4v) is 2.24. The molecule has 11 heavy (non-hydrogen) atoms. The zero-order valence-corrected chi connectivity index (χ0v) is 8.37. The molecule has 1 aliphatic rings. The summed E-state index contributed by atoms with van der Waals surface area (Å²) in [5, 5.41) is 0. The first-order valence-electron chi connectivity index (χ1n) is 4.59. The molecule has 0 aromatic rings. The molecule has 0 radical (unpaired) electrons. The lowest BCUT2D eigenvalue weighted by molar-refractivity contribution is 0.502. The van der Waals surface area contributed by atoms with Crippen molar-refractivity contribution in [2.75, 3.05) is 0 Å². The van der Waals surface area contributed by atoms with Crippen LogP contribution < -0.4 is 0 Å². The van der Waals surface area contributed by atoms with Crippen LogP contribution in [-0.2, 0) is 0 Å².